The van der Waals surface area contributed by atoms with Crippen LogP contribution in [0.5, 0.6) is 0 Å². The summed E-state index contributed by atoms with van der Waals surface area (Å²) in [4.78, 5) is 11.9. The van der Waals surface area contributed by atoms with Gasteiger partial charge in [0.05, 0.1) is 0 Å². The van der Waals surface area contributed by atoms with Gasteiger partial charge in [-0.3, -0.25) is 0 Å². The fraction of sp³-hybridized carbons (Fsp3) is 0.0588. The second-order valence-electron chi connectivity index (χ2n) is 4.80. The Morgan fingerprint density at radius 1 is 1.04 bits per heavy atom. The van der Waals surface area contributed by atoms with Crippen molar-refractivity contribution in [3.63, 3.8) is 0 Å². The number of benzene rings is 2. The van der Waals surface area contributed by atoms with Crippen LogP contribution in [-0.4, -0.2) is 15.7 Å². The van der Waals surface area contributed by atoms with E-state index < -0.39 is 11.8 Å². The Hall–Kier alpha value is -3.02. The molecule has 0 amide bonds. The lowest BCUT2D eigenvalue weighted by Gasteiger charge is -2.04. The zero-order valence-electron chi connectivity index (χ0n) is 11.9. The first kappa shape index (κ1) is 14.9. The summed E-state index contributed by atoms with van der Waals surface area (Å²) in [5.41, 5.74) is 0.966. The topological polar surface area (TPSA) is 44.1 Å². The SMILES string of the molecule is O=C(OCc1ccc(F)cc1)c1ccn(-c2ccccc2F)n1. The van der Waals surface area contributed by atoms with Gasteiger partial charge in [0.1, 0.15) is 23.9 Å². The van der Waals surface area contributed by atoms with Gasteiger partial charge in [0.25, 0.3) is 0 Å². The van der Waals surface area contributed by atoms with Crippen molar-refractivity contribution in [2.75, 3.05) is 0 Å². The fourth-order valence-corrected chi connectivity index (χ4v) is 2.01. The van der Waals surface area contributed by atoms with Gasteiger partial charge >= 0.3 is 5.97 Å². The summed E-state index contributed by atoms with van der Waals surface area (Å²) < 4.78 is 32.8. The molecule has 0 aliphatic rings. The van der Waals surface area contributed by atoms with Gasteiger partial charge in [-0.05, 0) is 35.9 Å². The van der Waals surface area contributed by atoms with E-state index in [9.17, 15) is 13.6 Å². The Morgan fingerprint density at radius 3 is 2.52 bits per heavy atom. The maximum absolute atomic E-state index is 13.7. The number of carbonyl (C=O) groups excluding carboxylic acids is 1. The number of aromatic nitrogens is 2. The van der Waals surface area contributed by atoms with Crippen LogP contribution in [0.3, 0.4) is 0 Å². The van der Waals surface area contributed by atoms with E-state index in [1.54, 1.807) is 18.2 Å². The van der Waals surface area contributed by atoms with Crippen LogP contribution < -0.4 is 0 Å². The van der Waals surface area contributed by atoms with Crippen molar-refractivity contribution >= 4 is 5.97 Å². The first-order valence-electron chi connectivity index (χ1n) is 6.85. The minimum atomic E-state index is -0.635. The van der Waals surface area contributed by atoms with E-state index in [2.05, 4.69) is 5.10 Å². The molecule has 0 fully saturated rings. The van der Waals surface area contributed by atoms with Crippen molar-refractivity contribution in [1.29, 1.82) is 0 Å². The summed E-state index contributed by atoms with van der Waals surface area (Å²) in [6, 6.07) is 13.2. The van der Waals surface area contributed by atoms with Crippen molar-refractivity contribution in [3.05, 3.63) is 83.7 Å². The molecule has 0 aliphatic carbocycles. The van der Waals surface area contributed by atoms with Crippen molar-refractivity contribution in [2.24, 2.45) is 0 Å². The molecule has 6 heteroatoms. The molecule has 0 N–H and O–H groups in total. The van der Waals surface area contributed by atoms with Crippen LogP contribution in [0.2, 0.25) is 0 Å². The number of hydrogen-bond donors (Lipinski definition) is 0. The molecule has 0 radical (unpaired) electrons. The summed E-state index contributed by atoms with van der Waals surface area (Å²) in [7, 11) is 0. The number of hydrogen-bond acceptors (Lipinski definition) is 3. The monoisotopic (exact) mass is 314 g/mol. The van der Waals surface area contributed by atoms with Gasteiger partial charge in [-0.2, -0.15) is 5.10 Å². The van der Waals surface area contributed by atoms with Crippen LogP contribution in [0.15, 0.2) is 60.8 Å². The van der Waals surface area contributed by atoms with E-state index in [-0.39, 0.29) is 23.8 Å². The molecule has 0 atom stereocenters. The van der Waals surface area contributed by atoms with E-state index in [0.29, 0.717) is 5.56 Å². The molecule has 4 nitrogen and oxygen atoms in total. The van der Waals surface area contributed by atoms with Gasteiger partial charge in [0.2, 0.25) is 0 Å². The fourth-order valence-electron chi connectivity index (χ4n) is 2.01. The second-order valence-corrected chi connectivity index (χ2v) is 4.80. The van der Waals surface area contributed by atoms with Crippen LogP contribution in [0.1, 0.15) is 16.1 Å². The number of ether oxygens (including phenoxy) is 1. The van der Waals surface area contributed by atoms with Crippen molar-refractivity contribution in [2.45, 2.75) is 6.61 Å². The highest BCUT2D eigenvalue weighted by Gasteiger charge is 2.13. The third kappa shape index (κ3) is 3.42. The number of esters is 1. The molecule has 0 saturated heterocycles. The smallest absolute Gasteiger partial charge is 0.359 e. The highest BCUT2D eigenvalue weighted by atomic mass is 19.1. The number of para-hydroxylation sites is 1. The Labute approximate surface area is 130 Å². The van der Waals surface area contributed by atoms with E-state index in [0.717, 1.165) is 0 Å². The van der Waals surface area contributed by atoms with Gasteiger partial charge in [0, 0.05) is 6.20 Å². The Balaban J connectivity index is 1.69. The molecular formula is C17H12F2N2O2. The molecule has 0 saturated carbocycles. The van der Waals surface area contributed by atoms with Crippen molar-refractivity contribution < 1.29 is 18.3 Å². The quantitative estimate of drug-likeness (QED) is 0.692. The van der Waals surface area contributed by atoms with Crippen LogP contribution in [0.4, 0.5) is 8.78 Å². The molecule has 3 aromatic rings. The van der Waals surface area contributed by atoms with Gasteiger partial charge in [-0.1, -0.05) is 24.3 Å². The predicted octanol–water partition coefficient (Wildman–Crippen LogP) is 3.51. The lowest BCUT2D eigenvalue weighted by Crippen LogP contribution is -2.07. The van der Waals surface area contributed by atoms with E-state index in [1.807, 2.05) is 0 Å². The molecule has 1 heterocycles. The Bertz CT molecular complexity index is 829. The molecule has 23 heavy (non-hydrogen) atoms. The van der Waals surface area contributed by atoms with Crippen LogP contribution in [-0.2, 0) is 11.3 Å². The predicted molar refractivity (Wildman–Crippen MR) is 79.0 cm³/mol. The molecule has 3 rings (SSSR count). The zero-order chi connectivity index (χ0) is 16.2. The van der Waals surface area contributed by atoms with E-state index in [4.69, 9.17) is 4.74 Å². The number of rotatable bonds is 4. The van der Waals surface area contributed by atoms with Gasteiger partial charge in [-0.15, -0.1) is 0 Å². The molecule has 0 bridgehead atoms. The van der Waals surface area contributed by atoms with Crippen LogP contribution in [0.25, 0.3) is 5.69 Å². The Kier molecular flexibility index (Phi) is 4.14. The number of carbonyl (C=O) groups is 1. The normalized spacial score (nSPS) is 10.5. The van der Waals surface area contributed by atoms with Gasteiger partial charge in [0.15, 0.2) is 5.69 Å². The summed E-state index contributed by atoms with van der Waals surface area (Å²) in [6.45, 7) is 0.00563. The molecule has 1 aromatic heterocycles. The van der Waals surface area contributed by atoms with E-state index in [1.165, 1.54) is 47.3 Å². The highest BCUT2D eigenvalue weighted by Crippen LogP contribution is 2.13. The lowest BCUT2D eigenvalue weighted by atomic mass is 10.2. The minimum absolute atomic E-state index is 0.00563. The Morgan fingerprint density at radius 2 is 1.78 bits per heavy atom. The largest absolute Gasteiger partial charge is 0.456 e. The lowest BCUT2D eigenvalue weighted by molar-refractivity contribution is 0.0465. The summed E-state index contributed by atoms with van der Waals surface area (Å²) in [6.07, 6.45) is 1.48. The van der Waals surface area contributed by atoms with Crippen molar-refractivity contribution in [3.8, 4) is 5.69 Å². The number of nitrogens with zero attached hydrogens (tertiary/aromatic N) is 2. The maximum atomic E-state index is 13.7. The van der Waals surface area contributed by atoms with Gasteiger partial charge < -0.3 is 4.74 Å². The molecule has 0 unspecified atom stereocenters. The molecule has 0 spiro atoms. The molecule has 2 aromatic carbocycles. The highest BCUT2D eigenvalue weighted by molar-refractivity contribution is 5.87. The van der Waals surface area contributed by atoms with Crippen LogP contribution in [0, 0.1) is 11.6 Å². The second kappa shape index (κ2) is 6.39. The first-order valence-corrected chi connectivity index (χ1v) is 6.85. The molecular weight excluding hydrogens is 302 g/mol. The number of halogens is 2. The van der Waals surface area contributed by atoms with Gasteiger partial charge in [-0.25, -0.2) is 18.3 Å². The summed E-state index contributed by atoms with van der Waals surface area (Å²) in [5, 5.41) is 4.01. The average molecular weight is 314 g/mol. The first-order chi connectivity index (χ1) is 11.1. The third-order valence-electron chi connectivity index (χ3n) is 3.18. The standard InChI is InChI=1S/C17H12F2N2O2/c18-13-7-5-12(6-8-13)11-23-17(22)15-9-10-21(20-15)16-4-2-1-3-14(16)19/h1-10H,11H2. The minimum Gasteiger partial charge on any atom is -0.456 e. The average Bonchev–Trinajstić information content (AvgIpc) is 3.04. The summed E-state index contributed by atoms with van der Waals surface area (Å²) >= 11 is 0. The van der Waals surface area contributed by atoms with Crippen LogP contribution >= 0.6 is 0 Å². The van der Waals surface area contributed by atoms with Crippen molar-refractivity contribution in [1.82, 2.24) is 9.78 Å². The third-order valence-corrected chi connectivity index (χ3v) is 3.18. The van der Waals surface area contributed by atoms with E-state index >= 15 is 0 Å². The molecule has 0 aliphatic heterocycles. The summed E-state index contributed by atoms with van der Waals surface area (Å²) in [5.74, 6) is -1.44. The maximum Gasteiger partial charge on any atom is 0.359 e. The zero-order valence-corrected chi connectivity index (χ0v) is 11.9. The molecule has 116 valence electrons.